The van der Waals surface area contributed by atoms with E-state index in [0.717, 1.165) is 25.7 Å². The number of aliphatic hydroxyl groups excluding tert-OH is 2. The molecule has 1 heterocycles. The summed E-state index contributed by atoms with van der Waals surface area (Å²) in [6, 6.07) is 0. The largest absolute Gasteiger partial charge is 0.394 e. The fourth-order valence-electron chi connectivity index (χ4n) is 1.94. The Labute approximate surface area is 86.1 Å². The molecule has 0 amide bonds. The van der Waals surface area contributed by atoms with Gasteiger partial charge in [-0.2, -0.15) is 0 Å². The van der Waals surface area contributed by atoms with Gasteiger partial charge in [-0.1, -0.05) is 26.2 Å². The summed E-state index contributed by atoms with van der Waals surface area (Å²) >= 11 is 0. The molecule has 0 radical (unpaired) electrons. The third-order valence-electron chi connectivity index (χ3n) is 2.88. The van der Waals surface area contributed by atoms with E-state index in [4.69, 9.17) is 9.84 Å². The number of hydrogen-bond acceptors (Lipinski definition) is 3. The highest BCUT2D eigenvalue weighted by atomic mass is 16.5. The zero-order chi connectivity index (χ0) is 10.4. The number of aliphatic hydroxyl groups is 2. The lowest BCUT2D eigenvalue weighted by Gasteiger charge is -2.18. The minimum Gasteiger partial charge on any atom is -0.394 e. The quantitative estimate of drug-likeness (QED) is 0.641. The summed E-state index contributed by atoms with van der Waals surface area (Å²) in [6.07, 6.45) is 5.61. The van der Waals surface area contributed by atoms with Crippen molar-refractivity contribution in [2.75, 3.05) is 6.61 Å². The van der Waals surface area contributed by atoms with Crippen molar-refractivity contribution in [1.29, 1.82) is 0 Å². The summed E-state index contributed by atoms with van der Waals surface area (Å²) in [6.45, 7) is 2.23. The smallest absolute Gasteiger partial charge is 0.0839 e. The summed E-state index contributed by atoms with van der Waals surface area (Å²) in [5, 5.41) is 18.7. The number of unbranched alkanes of at least 4 members (excludes halogenated alkanes) is 2. The van der Waals surface area contributed by atoms with Crippen molar-refractivity contribution in [3.05, 3.63) is 0 Å². The van der Waals surface area contributed by atoms with Crippen molar-refractivity contribution in [3.63, 3.8) is 0 Å². The Kier molecular flexibility index (Phi) is 5.45. The van der Waals surface area contributed by atoms with Gasteiger partial charge in [-0.05, 0) is 19.3 Å². The molecule has 0 unspecified atom stereocenters. The second kappa shape index (κ2) is 6.38. The molecular weight excluding hydrogens is 180 g/mol. The van der Waals surface area contributed by atoms with Gasteiger partial charge >= 0.3 is 0 Å². The van der Waals surface area contributed by atoms with Crippen LogP contribution in [0.1, 0.15) is 45.4 Å². The van der Waals surface area contributed by atoms with Gasteiger partial charge in [0.15, 0.2) is 0 Å². The second-order valence-electron chi connectivity index (χ2n) is 4.12. The van der Waals surface area contributed by atoms with Crippen molar-refractivity contribution < 1.29 is 14.9 Å². The van der Waals surface area contributed by atoms with Crippen LogP contribution in [0.25, 0.3) is 0 Å². The number of hydrogen-bond donors (Lipinski definition) is 2. The minimum atomic E-state index is -0.335. The topological polar surface area (TPSA) is 49.7 Å². The average molecular weight is 202 g/mol. The van der Waals surface area contributed by atoms with E-state index in [0.29, 0.717) is 0 Å². The van der Waals surface area contributed by atoms with E-state index >= 15 is 0 Å². The van der Waals surface area contributed by atoms with Crippen molar-refractivity contribution in [2.24, 2.45) is 0 Å². The molecule has 1 aliphatic heterocycles. The first-order valence-electron chi connectivity index (χ1n) is 5.72. The average Bonchev–Trinajstić information content (AvgIpc) is 2.66. The predicted octanol–water partition coefficient (Wildman–Crippen LogP) is 1.47. The molecule has 0 aromatic heterocycles. The fraction of sp³-hybridized carbons (Fsp3) is 1.00. The molecule has 1 rings (SSSR count). The molecule has 2 N–H and O–H groups in total. The van der Waals surface area contributed by atoms with Gasteiger partial charge < -0.3 is 14.9 Å². The maximum absolute atomic E-state index is 9.78. The Bertz CT molecular complexity index is 149. The first kappa shape index (κ1) is 12.0. The highest BCUT2D eigenvalue weighted by Gasteiger charge is 2.29. The first-order chi connectivity index (χ1) is 6.77. The lowest BCUT2D eigenvalue weighted by Crippen LogP contribution is -2.27. The lowest BCUT2D eigenvalue weighted by molar-refractivity contribution is -0.0516. The first-order valence-corrected chi connectivity index (χ1v) is 5.72. The molecule has 0 aliphatic carbocycles. The van der Waals surface area contributed by atoms with Crippen LogP contribution in [0.2, 0.25) is 0 Å². The van der Waals surface area contributed by atoms with E-state index in [-0.39, 0.29) is 24.9 Å². The normalized spacial score (nSPS) is 29.4. The van der Waals surface area contributed by atoms with Crippen molar-refractivity contribution >= 4 is 0 Å². The molecule has 0 spiro atoms. The molecule has 3 heteroatoms. The van der Waals surface area contributed by atoms with E-state index in [1.54, 1.807) is 0 Å². The van der Waals surface area contributed by atoms with Gasteiger partial charge in [0.2, 0.25) is 0 Å². The summed E-state index contributed by atoms with van der Waals surface area (Å²) in [5.74, 6) is 0. The molecule has 3 nitrogen and oxygen atoms in total. The highest BCUT2D eigenvalue weighted by molar-refractivity contribution is 4.78. The lowest BCUT2D eigenvalue weighted by atomic mass is 10.0. The molecule has 0 aromatic rings. The van der Waals surface area contributed by atoms with Gasteiger partial charge in [-0.15, -0.1) is 0 Å². The Balaban J connectivity index is 2.15. The van der Waals surface area contributed by atoms with Crippen LogP contribution in [0.3, 0.4) is 0 Å². The summed E-state index contributed by atoms with van der Waals surface area (Å²) in [7, 11) is 0. The van der Waals surface area contributed by atoms with E-state index in [9.17, 15) is 5.11 Å². The maximum Gasteiger partial charge on any atom is 0.0839 e. The van der Waals surface area contributed by atoms with Crippen LogP contribution in [-0.2, 0) is 4.74 Å². The third kappa shape index (κ3) is 3.56. The molecule has 14 heavy (non-hydrogen) atoms. The standard InChI is InChI=1S/C11H22O3/c1-2-3-4-5-10(13)11-7-6-9(8-12)14-11/h9-13H,2-8H2,1H3/t9-,10+,11+/m1/s1. The van der Waals surface area contributed by atoms with Crippen LogP contribution in [0.15, 0.2) is 0 Å². The molecular formula is C11H22O3. The second-order valence-corrected chi connectivity index (χ2v) is 4.12. The third-order valence-corrected chi connectivity index (χ3v) is 2.88. The molecule has 0 bridgehead atoms. The Morgan fingerprint density at radius 1 is 1.36 bits per heavy atom. The van der Waals surface area contributed by atoms with Gasteiger partial charge in [0.05, 0.1) is 24.9 Å². The SMILES string of the molecule is CCCCC[C@H](O)[C@@H]1CC[C@H](CO)O1. The van der Waals surface area contributed by atoms with E-state index < -0.39 is 0 Å². The van der Waals surface area contributed by atoms with Crippen LogP contribution in [-0.4, -0.2) is 35.1 Å². The van der Waals surface area contributed by atoms with Crippen LogP contribution < -0.4 is 0 Å². The van der Waals surface area contributed by atoms with Gasteiger partial charge in [0.1, 0.15) is 0 Å². The molecule has 1 aliphatic rings. The highest BCUT2D eigenvalue weighted by Crippen LogP contribution is 2.24. The van der Waals surface area contributed by atoms with E-state index in [1.807, 2.05) is 0 Å². The van der Waals surface area contributed by atoms with Gasteiger partial charge in [0, 0.05) is 0 Å². The van der Waals surface area contributed by atoms with Crippen LogP contribution in [0.5, 0.6) is 0 Å². The van der Waals surface area contributed by atoms with Crippen molar-refractivity contribution in [1.82, 2.24) is 0 Å². The van der Waals surface area contributed by atoms with Crippen molar-refractivity contribution in [2.45, 2.75) is 63.8 Å². The molecule has 1 saturated heterocycles. The number of rotatable bonds is 6. The maximum atomic E-state index is 9.78. The fourth-order valence-corrected chi connectivity index (χ4v) is 1.94. The van der Waals surface area contributed by atoms with Crippen LogP contribution in [0, 0.1) is 0 Å². The van der Waals surface area contributed by atoms with E-state index in [1.165, 1.54) is 12.8 Å². The summed E-state index contributed by atoms with van der Waals surface area (Å²) in [5.41, 5.74) is 0. The molecule has 3 atom stereocenters. The zero-order valence-corrected chi connectivity index (χ0v) is 8.98. The van der Waals surface area contributed by atoms with E-state index in [2.05, 4.69) is 6.92 Å². The Morgan fingerprint density at radius 2 is 2.14 bits per heavy atom. The van der Waals surface area contributed by atoms with Crippen molar-refractivity contribution in [3.8, 4) is 0 Å². The summed E-state index contributed by atoms with van der Waals surface area (Å²) in [4.78, 5) is 0. The minimum absolute atomic E-state index is 0.0380. The van der Waals surface area contributed by atoms with Crippen LogP contribution in [0.4, 0.5) is 0 Å². The van der Waals surface area contributed by atoms with Crippen LogP contribution >= 0.6 is 0 Å². The van der Waals surface area contributed by atoms with Gasteiger partial charge in [0.25, 0.3) is 0 Å². The number of ether oxygens (including phenoxy) is 1. The predicted molar refractivity (Wildman–Crippen MR) is 55.1 cm³/mol. The molecule has 0 saturated carbocycles. The monoisotopic (exact) mass is 202 g/mol. The Morgan fingerprint density at radius 3 is 2.71 bits per heavy atom. The molecule has 1 fully saturated rings. The molecule has 84 valence electrons. The summed E-state index contributed by atoms with van der Waals surface area (Å²) < 4.78 is 5.50. The Hall–Kier alpha value is -0.120. The van der Waals surface area contributed by atoms with Gasteiger partial charge in [-0.25, -0.2) is 0 Å². The molecule has 0 aromatic carbocycles. The zero-order valence-electron chi connectivity index (χ0n) is 8.98. The van der Waals surface area contributed by atoms with Gasteiger partial charge in [-0.3, -0.25) is 0 Å².